The van der Waals surface area contributed by atoms with Crippen LogP contribution in [0.2, 0.25) is 0 Å². The number of nitrogens with one attached hydrogen (secondary N) is 1. The lowest BCUT2D eigenvalue weighted by molar-refractivity contribution is 0.0991. The average Bonchev–Trinajstić information content (AvgIpc) is 2.37. The van der Waals surface area contributed by atoms with E-state index in [0.29, 0.717) is 17.9 Å². The number of ketones is 1. The molecule has 106 valence electrons. The molecule has 0 aliphatic carbocycles. The van der Waals surface area contributed by atoms with Crippen molar-refractivity contribution >= 4 is 15.9 Å². The Hall–Kier alpha value is -1.44. The van der Waals surface area contributed by atoms with Gasteiger partial charge < -0.3 is 10.1 Å². The molecule has 0 heterocycles. The van der Waals surface area contributed by atoms with Gasteiger partial charge in [-0.1, -0.05) is 0 Å². The summed E-state index contributed by atoms with van der Waals surface area (Å²) in [5, 5.41) is 2.83. The monoisotopic (exact) mass is 287 g/mol. The molecule has 0 amide bonds. The second-order valence-corrected chi connectivity index (χ2v) is 5.54. The van der Waals surface area contributed by atoms with Crippen LogP contribution in [-0.4, -0.2) is 44.7 Å². The molecule has 0 saturated carbocycles. The molecule has 0 aliphatic rings. The number of ether oxygens (including phenoxy) is 1. The largest absolute Gasteiger partial charge is 0.497 e. The van der Waals surface area contributed by atoms with E-state index in [-0.39, 0.29) is 24.5 Å². The molecule has 0 radical (unpaired) electrons. The first-order chi connectivity index (χ1) is 8.92. The standard InChI is InChI=1S/C12H17NO5S/c1-18-11-5-3-10(4-6-11)12(14)9-13-7-2-8-19(15,16)17/h3-6,13H,2,7-9H2,1H3,(H,15,16,17). The molecule has 1 aromatic carbocycles. The normalized spacial score (nSPS) is 11.3. The highest BCUT2D eigenvalue weighted by Gasteiger charge is 2.06. The van der Waals surface area contributed by atoms with Crippen LogP contribution in [-0.2, 0) is 10.1 Å². The topological polar surface area (TPSA) is 92.7 Å². The summed E-state index contributed by atoms with van der Waals surface area (Å²) in [6.45, 7) is 0.472. The third-order valence-corrected chi connectivity index (χ3v) is 3.26. The SMILES string of the molecule is COc1ccc(C(=O)CNCCCS(=O)(=O)O)cc1. The molecule has 2 N–H and O–H groups in total. The van der Waals surface area contributed by atoms with Crippen molar-refractivity contribution in [3.63, 3.8) is 0 Å². The number of hydrogen-bond donors (Lipinski definition) is 2. The first kappa shape index (κ1) is 15.6. The smallest absolute Gasteiger partial charge is 0.264 e. The lowest BCUT2D eigenvalue weighted by atomic mass is 10.1. The van der Waals surface area contributed by atoms with Crippen molar-refractivity contribution in [1.29, 1.82) is 0 Å². The van der Waals surface area contributed by atoms with Crippen molar-refractivity contribution < 1.29 is 22.5 Å². The van der Waals surface area contributed by atoms with Gasteiger partial charge in [0.25, 0.3) is 10.1 Å². The van der Waals surface area contributed by atoms with Crippen LogP contribution in [0.5, 0.6) is 5.75 Å². The number of carbonyl (C=O) groups excluding carboxylic acids is 1. The summed E-state index contributed by atoms with van der Waals surface area (Å²) in [7, 11) is -2.37. The van der Waals surface area contributed by atoms with Gasteiger partial charge in [0.1, 0.15) is 5.75 Å². The molecule has 0 fully saturated rings. The van der Waals surface area contributed by atoms with E-state index in [4.69, 9.17) is 9.29 Å². The highest BCUT2D eigenvalue weighted by atomic mass is 32.2. The van der Waals surface area contributed by atoms with Crippen LogP contribution in [0.1, 0.15) is 16.8 Å². The van der Waals surface area contributed by atoms with Crippen molar-refractivity contribution in [2.24, 2.45) is 0 Å². The van der Waals surface area contributed by atoms with E-state index < -0.39 is 10.1 Å². The van der Waals surface area contributed by atoms with Crippen LogP contribution >= 0.6 is 0 Å². The maximum absolute atomic E-state index is 11.7. The third kappa shape index (κ3) is 6.32. The van der Waals surface area contributed by atoms with Crippen LogP contribution in [0.15, 0.2) is 24.3 Å². The molecule has 1 aromatic rings. The summed E-state index contributed by atoms with van der Waals surface area (Å²) < 4.78 is 34.4. The molecule has 0 spiro atoms. The summed E-state index contributed by atoms with van der Waals surface area (Å²) in [6.07, 6.45) is 0.259. The van der Waals surface area contributed by atoms with E-state index >= 15 is 0 Å². The number of carbonyl (C=O) groups is 1. The summed E-state index contributed by atoms with van der Waals surface area (Å²) in [5.41, 5.74) is 0.558. The van der Waals surface area contributed by atoms with Crippen molar-refractivity contribution in [2.75, 3.05) is 26.0 Å². The summed E-state index contributed by atoms with van der Waals surface area (Å²) in [5.74, 6) is 0.281. The van der Waals surface area contributed by atoms with Gasteiger partial charge in [-0.3, -0.25) is 9.35 Å². The molecule has 1 rings (SSSR count). The molecule has 0 aromatic heterocycles. The van der Waals surface area contributed by atoms with Gasteiger partial charge in [0.05, 0.1) is 19.4 Å². The average molecular weight is 287 g/mol. The number of hydrogen-bond acceptors (Lipinski definition) is 5. The molecule has 0 bridgehead atoms. The second-order valence-electron chi connectivity index (χ2n) is 3.97. The van der Waals surface area contributed by atoms with Crippen molar-refractivity contribution in [2.45, 2.75) is 6.42 Å². The van der Waals surface area contributed by atoms with Gasteiger partial charge >= 0.3 is 0 Å². The Morgan fingerprint density at radius 3 is 2.47 bits per heavy atom. The number of rotatable bonds is 8. The zero-order chi connectivity index (χ0) is 14.3. The van der Waals surface area contributed by atoms with Crippen LogP contribution in [0, 0.1) is 0 Å². The molecule has 0 aliphatic heterocycles. The molecule has 19 heavy (non-hydrogen) atoms. The van der Waals surface area contributed by atoms with E-state index in [1.54, 1.807) is 31.4 Å². The highest BCUT2D eigenvalue weighted by Crippen LogP contribution is 2.11. The minimum Gasteiger partial charge on any atom is -0.497 e. The predicted octanol–water partition coefficient (Wildman–Crippen LogP) is 0.745. The summed E-state index contributed by atoms with van der Waals surface area (Å²) in [6, 6.07) is 6.74. The predicted molar refractivity (Wildman–Crippen MR) is 71.2 cm³/mol. The van der Waals surface area contributed by atoms with E-state index in [1.165, 1.54) is 0 Å². The van der Waals surface area contributed by atoms with E-state index in [0.717, 1.165) is 0 Å². The van der Waals surface area contributed by atoms with Crippen molar-refractivity contribution in [3.05, 3.63) is 29.8 Å². The fourth-order valence-corrected chi connectivity index (χ4v) is 1.97. The fraction of sp³-hybridized carbons (Fsp3) is 0.417. The van der Waals surface area contributed by atoms with Gasteiger partial charge in [-0.2, -0.15) is 8.42 Å². The number of Topliss-reactive ketones (excluding diaryl/α,β-unsaturated/α-hetero) is 1. The second kappa shape index (κ2) is 7.22. The maximum Gasteiger partial charge on any atom is 0.264 e. The summed E-state index contributed by atoms with van der Waals surface area (Å²) in [4.78, 5) is 11.7. The quantitative estimate of drug-likeness (QED) is 0.416. The van der Waals surface area contributed by atoms with Gasteiger partial charge in [0, 0.05) is 5.56 Å². The molecule has 0 unspecified atom stereocenters. The van der Waals surface area contributed by atoms with Crippen LogP contribution in [0.4, 0.5) is 0 Å². The van der Waals surface area contributed by atoms with Crippen LogP contribution in [0.25, 0.3) is 0 Å². The molecule has 7 heteroatoms. The fourth-order valence-electron chi connectivity index (χ4n) is 1.46. The Bertz CT molecular complexity index is 509. The van der Waals surface area contributed by atoms with Gasteiger partial charge in [-0.05, 0) is 37.2 Å². The van der Waals surface area contributed by atoms with Crippen LogP contribution < -0.4 is 10.1 Å². The number of methoxy groups -OCH3 is 1. The molecule has 0 saturated heterocycles. The Labute approximate surface area is 112 Å². The lowest BCUT2D eigenvalue weighted by Crippen LogP contribution is -2.25. The highest BCUT2D eigenvalue weighted by molar-refractivity contribution is 7.85. The van der Waals surface area contributed by atoms with E-state index in [2.05, 4.69) is 5.32 Å². The minimum absolute atomic E-state index is 0.0884. The Kier molecular flexibility index (Phi) is 5.94. The van der Waals surface area contributed by atoms with E-state index in [1.807, 2.05) is 0 Å². The first-order valence-corrected chi connectivity index (χ1v) is 7.36. The van der Waals surface area contributed by atoms with Crippen molar-refractivity contribution in [3.8, 4) is 5.75 Å². The number of benzene rings is 1. The molecule has 6 nitrogen and oxygen atoms in total. The lowest BCUT2D eigenvalue weighted by Gasteiger charge is -2.04. The molecular weight excluding hydrogens is 270 g/mol. The van der Waals surface area contributed by atoms with Crippen LogP contribution in [0.3, 0.4) is 0 Å². The molecule has 0 atom stereocenters. The maximum atomic E-state index is 11.7. The zero-order valence-electron chi connectivity index (χ0n) is 10.6. The Balaban J connectivity index is 2.31. The van der Waals surface area contributed by atoms with E-state index in [9.17, 15) is 13.2 Å². The van der Waals surface area contributed by atoms with Crippen molar-refractivity contribution in [1.82, 2.24) is 5.32 Å². The summed E-state index contributed by atoms with van der Waals surface area (Å²) >= 11 is 0. The van der Waals surface area contributed by atoms with Gasteiger partial charge in [-0.15, -0.1) is 0 Å². The zero-order valence-corrected chi connectivity index (χ0v) is 11.4. The van der Waals surface area contributed by atoms with Gasteiger partial charge in [-0.25, -0.2) is 0 Å². The first-order valence-electron chi connectivity index (χ1n) is 5.75. The minimum atomic E-state index is -3.92. The Morgan fingerprint density at radius 1 is 1.32 bits per heavy atom. The molecular formula is C12H17NO5S. The Morgan fingerprint density at radius 2 is 1.95 bits per heavy atom. The third-order valence-electron chi connectivity index (χ3n) is 2.45. The van der Waals surface area contributed by atoms with Gasteiger partial charge in [0.15, 0.2) is 5.78 Å². The van der Waals surface area contributed by atoms with Gasteiger partial charge in [0.2, 0.25) is 0 Å².